The van der Waals surface area contributed by atoms with Crippen molar-refractivity contribution in [3.63, 3.8) is 0 Å². The third kappa shape index (κ3) is 2.95. The fourth-order valence-corrected chi connectivity index (χ4v) is 2.73. The number of nitrogens with zero attached hydrogens (tertiary/aromatic N) is 2. The Morgan fingerprint density at radius 1 is 1.39 bits per heavy atom. The Morgan fingerprint density at radius 2 is 2.13 bits per heavy atom. The lowest BCUT2D eigenvalue weighted by atomic mass is 9.93. The van der Waals surface area contributed by atoms with Crippen molar-refractivity contribution in [2.75, 3.05) is 7.11 Å². The minimum Gasteiger partial charge on any atom is -0.480 e. The molecule has 1 unspecified atom stereocenters. The molecule has 0 radical (unpaired) electrons. The van der Waals surface area contributed by atoms with Crippen LogP contribution in [0.5, 0.6) is 0 Å². The highest BCUT2D eigenvalue weighted by Crippen LogP contribution is 2.25. The van der Waals surface area contributed by atoms with Gasteiger partial charge in [-0.1, -0.05) is 29.4 Å². The molecule has 7 nitrogen and oxygen atoms in total. The quantitative estimate of drug-likeness (QED) is 0.918. The lowest BCUT2D eigenvalue weighted by molar-refractivity contribution is -0.142. The van der Waals surface area contributed by atoms with Crippen molar-refractivity contribution < 1.29 is 24.0 Å². The maximum Gasteiger partial charge on any atom is 0.326 e. The Kier molecular flexibility index (Phi) is 4.12. The van der Waals surface area contributed by atoms with Crippen molar-refractivity contribution in [1.82, 2.24) is 10.1 Å². The number of carboxylic acids is 1. The SMILES string of the molecule is COCc1cc(C(=O)N2Cc3ccccc3CC2C(=O)O)no1. The molecule has 120 valence electrons. The van der Waals surface area contributed by atoms with Gasteiger partial charge >= 0.3 is 5.97 Å². The van der Waals surface area contributed by atoms with E-state index in [-0.39, 0.29) is 25.3 Å². The van der Waals surface area contributed by atoms with Crippen molar-refractivity contribution >= 4 is 11.9 Å². The monoisotopic (exact) mass is 316 g/mol. The summed E-state index contributed by atoms with van der Waals surface area (Å²) in [5.41, 5.74) is 1.98. The molecule has 23 heavy (non-hydrogen) atoms. The first-order valence-corrected chi connectivity index (χ1v) is 7.15. The highest BCUT2D eigenvalue weighted by Gasteiger charge is 2.36. The molecular weight excluding hydrogens is 300 g/mol. The number of fused-ring (bicyclic) bond motifs is 1. The second-order valence-corrected chi connectivity index (χ2v) is 5.37. The molecule has 0 bridgehead atoms. The summed E-state index contributed by atoms with van der Waals surface area (Å²) in [6.45, 7) is 0.434. The predicted molar refractivity (Wildman–Crippen MR) is 78.7 cm³/mol. The number of aromatic nitrogens is 1. The van der Waals surface area contributed by atoms with Gasteiger partial charge in [0.05, 0.1) is 0 Å². The van der Waals surface area contributed by atoms with Crippen LogP contribution in [0.3, 0.4) is 0 Å². The van der Waals surface area contributed by atoms with Crippen molar-refractivity contribution in [2.45, 2.75) is 25.6 Å². The van der Waals surface area contributed by atoms with Crippen LogP contribution in [0.25, 0.3) is 0 Å². The average Bonchev–Trinajstić information content (AvgIpc) is 3.02. The highest BCUT2D eigenvalue weighted by molar-refractivity contribution is 5.95. The smallest absolute Gasteiger partial charge is 0.326 e. The van der Waals surface area contributed by atoms with Crippen LogP contribution >= 0.6 is 0 Å². The van der Waals surface area contributed by atoms with E-state index in [1.54, 1.807) is 0 Å². The van der Waals surface area contributed by atoms with E-state index < -0.39 is 17.9 Å². The first-order chi connectivity index (χ1) is 11.1. The molecule has 0 spiro atoms. The van der Waals surface area contributed by atoms with Crippen LogP contribution in [0.4, 0.5) is 0 Å². The Hall–Kier alpha value is -2.67. The van der Waals surface area contributed by atoms with E-state index in [2.05, 4.69) is 5.16 Å². The molecule has 1 N–H and O–H groups in total. The number of aliphatic carboxylic acids is 1. The second-order valence-electron chi connectivity index (χ2n) is 5.37. The minimum atomic E-state index is -1.03. The molecule has 1 aliphatic heterocycles. The molecule has 2 aromatic rings. The number of methoxy groups -OCH3 is 1. The zero-order valence-electron chi connectivity index (χ0n) is 12.6. The molecular formula is C16H16N2O5. The van der Waals surface area contributed by atoms with Crippen LogP contribution in [0.1, 0.15) is 27.4 Å². The molecule has 1 atom stereocenters. The molecule has 0 aliphatic carbocycles. The van der Waals surface area contributed by atoms with Gasteiger partial charge < -0.3 is 19.3 Å². The van der Waals surface area contributed by atoms with E-state index >= 15 is 0 Å². The van der Waals surface area contributed by atoms with Gasteiger partial charge in [0.25, 0.3) is 5.91 Å². The van der Waals surface area contributed by atoms with Crippen molar-refractivity contribution in [3.8, 4) is 0 Å². The molecule has 0 saturated heterocycles. The Bertz CT molecular complexity index is 740. The van der Waals surface area contributed by atoms with E-state index in [1.807, 2.05) is 24.3 Å². The molecule has 1 aromatic carbocycles. The zero-order valence-corrected chi connectivity index (χ0v) is 12.6. The summed E-state index contributed by atoms with van der Waals surface area (Å²) >= 11 is 0. The third-order valence-corrected chi connectivity index (χ3v) is 3.86. The number of rotatable bonds is 4. The number of benzene rings is 1. The lowest BCUT2D eigenvalue weighted by Gasteiger charge is -2.33. The van der Waals surface area contributed by atoms with Crippen LogP contribution in [0.2, 0.25) is 0 Å². The summed E-state index contributed by atoms with van der Waals surface area (Å²) in [4.78, 5) is 25.5. The van der Waals surface area contributed by atoms with Gasteiger partial charge in [-0.05, 0) is 11.1 Å². The molecule has 1 aliphatic rings. The largest absolute Gasteiger partial charge is 0.480 e. The van der Waals surface area contributed by atoms with Crippen molar-refractivity contribution in [3.05, 3.63) is 52.9 Å². The highest BCUT2D eigenvalue weighted by atomic mass is 16.5. The minimum absolute atomic E-state index is 0.0858. The second kappa shape index (κ2) is 6.21. The first kappa shape index (κ1) is 15.2. The van der Waals surface area contributed by atoms with Crippen molar-refractivity contribution in [2.24, 2.45) is 0 Å². The van der Waals surface area contributed by atoms with E-state index in [0.29, 0.717) is 5.76 Å². The van der Waals surface area contributed by atoms with Gasteiger partial charge in [0, 0.05) is 26.1 Å². The van der Waals surface area contributed by atoms with Gasteiger partial charge in [0.2, 0.25) is 0 Å². The Balaban J connectivity index is 1.89. The maximum absolute atomic E-state index is 12.6. The van der Waals surface area contributed by atoms with Crippen LogP contribution in [-0.4, -0.2) is 40.2 Å². The van der Waals surface area contributed by atoms with Gasteiger partial charge in [-0.15, -0.1) is 0 Å². The van der Waals surface area contributed by atoms with Crippen LogP contribution < -0.4 is 0 Å². The number of hydrogen-bond donors (Lipinski definition) is 1. The molecule has 3 rings (SSSR count). The molecule has 1 amide bonds. The fourth-order valence-electron chi connectivity index (χ4n) is 2.73. The number of carbonyl (C=O) groups is 2. The predicted octanol–water partition coefficient (Wildman–Crippen LogP) is 1.47. The standard InChI is InChI=1S/C16H16N2O5/c1-22-9-12-7-13(17-23-12)15(19)18-8-11-5-3-2-4-10(11)6-14(18)16(20)21/h2-5,7,14H,6,8-9H2,1H3,(H,20,21). The van der Waals surface area contributed by atoms with E-state index in [9.17, 15) is 14.7 Å². The summed E-state index contributed by atoms with van der Waals surface area (Å²) in [7, 11) is 1.51. The third-order valence-electron chi connectivity index (χ3n) is 3.86. The summed E-state index contributed by atoms with van der Waals surface area (Å²) in [5, 5.41) is 13.2. The summed E-state index contributed by atoms with van der Waals surface area (Å²) in [6.07, 6.45) is 0.278. The van der Waals surface area contributed by atoms with Crippen LogP contribution in [0, 0.1) is 0 Å². The van der Waals surface area contributed by atoms with Gasteiger partial charge in [0.15, 0.2) is 11.5 Å². The topological polar surface area (TPSA) is 92.9 Å². The zero-order chi connectivity index (χ0) is 16.4. The summed E-state index contributed by atoms with van der Waals surface area (Å²) < 4.78 is 9.93. The maximum atomic E-state index is 12.6. The van der Waals surface area contributed by atoms with E-state index in [4.69, 9.17) is 9.26 Å². The van der Waals surface area contributed by atoms with Crippen LogP contribution in [-0.2, 0) is 29.1 Å². The molecule has 2 heterocycles. The summed E-state index contributed by atoms with van der Waals surface area (Å²) in [5.74, 6) is -1.08. The average molecular weight is 316 g/mol. The summed E-state index contributed by atoms with van der Waals surface area (Å²) in [6, 6.07) is 8.08. The number of carbonyl (C=O) groups excluding carboxylic acids is 1. The number of amides is 1. The normalized spacial score (nSPS) is 16.9. The molecule has 0 saturated carbocycles. The van der Waals surface area contributed by atoms with Gasteiger partial charge in [0.1, 0.15) is 12.6 Å². The molecule has 7 heteroatoms. The van der Waals surface area contributed by atoms with Gasteiger partial charge in [-0.3, -0.25) is 4.79 Å². The van der Waals surface area contributed by atoms with E-state index in [0.717, 1.165) is 11.1 Å². The fraction of sp³-hybridized carbons (Fsp3) is 0.312. The van der Waals surface area contributed by atoms with E-state index in [1.165, 1.54) is 18.1 Å². The van der Waals surface area contributed by atoms with Gasteiger partial charge in [-0.25, -0.2) is 4.79 Å². The Morgan fingerprint density at radius 3 is 2.83 bits per heavy atom. The number of ether oxygens (including phenoxy) is 1. The number of carboxylic acid groups (broad SMARTS) is 1. The van der Waals surface area contributed by atoms with Gasteiger partial charge in [-0.2, -0.15) is 0 Å². The molecule has 0 fully saturated rings. The Labute approximate surface area is 132 Å². The lowest BCUT2D eigenvalue weighted by Crippen LogP contribution is -2.48. The molecule has 1 aromatic heterocycles. The number of hydrogen-bond acceptors (Lipinski definition) is 5. The van der Waals surface area contributed by atoms with Crippen molar-refractivity contribution in [1.29, 1.82) is 0 Å². The first-order valence-electron chi connectivity index (χ1n) is 7.15. The van der Waals surface area contributed by atoms with Crippen LogP contribution in [0.15, 0.2) is 34.9 Å².